The summed E-state index contributed by atoms with van der Waals surface area (Å²) >= 11 is 0. The van der Waals surface area contributed by atoms with Crippen LogP contribution in [-0.2, 0) is 4.79 Å². The Bertz CT molecular complexity index is 629. The first-order valence-corrected chi connectivity index (χ1v) is 5.25. The van der Waals surface area contributed by atoms with Gasteiger partial charge in [-0.2, -0.15) is 0 Å². The molecule has 0 bridgehead atoms. The summed E-state index contributed by atoms with van der Waals surface area (Å²) in [5.41, 5.74) is 6.10. The molecule has 2 aromatic rings. The molecule has 0 saturated carbocycles. The highest BCUT2D eigenvalue weighted by Crippen LogP contribution is 2.27. The fraction of sp³-hybridized carbons (Fsp3) is 0.0909. The van der Waals surface area contributed by atoms with E-state index in [2.05, 4.69) is 20.3 Å². The molecule has 7 nitrogen and oxygen atoms in total. The third-order valence-electron chi connectivity index (χ3n) is 2.38. The lowest BCUT2D eigenvalue weighted by molar-refractivity contribution is -0.118. The van der Waals surface area contributed by atoms with Crippen molar-refractivity contribution in [1.82, 2.24) is 15.0 Å². The maximum Gasteiger partial charge on any atom is 0.263 e. The second kappa shape index (κ2) is 3.95. The summed E-state index contributed by atoms with van der Waals surface area (Å²) in [6.07, 6.45) is 1.55. The van der Waals surface area contributed by atoms with E-state index < -0.39 is 0 Å². The van der Waals surface area contributed by atoms with Crippen molar-refractivity contribution >= 4 is 17.5 Å². The van der Waals surface area contributed by atoms with E-state index in [1.807, 2.05) is 0 Å². The monoisotopic (exact) mass is 243 g/mol. The fourth-order valence-corrected chi connectivity index (χ4v) is 1.58. The number of rotatable bonds is 1. The van der Waals surface area contributed by atoms with E-state index in [0.29, 0.717) is 28.9 Å². The number of hydrogen-bond donors (Lipinski definition) is 2. The molecule has 0 unspecified atom stereocenters. The zero-order valence-electron chi connectivity index (χ0n) is 9.25. The van der Waals surface area contributed by atoms with Crippen molar-refractivity contribution < 1.29 is 9.53 Å². The summed E-state index contributed by atoms with van der Waals surface area (Å²) in [4.78, 5) is 23.6. The Balaban J connectivity index is 2.04. The van der Waals surface area contributed by atoms with Gasteiger partial charge in [0.1, 0.15) is 11.5 Å². The quantitative estimate of drug-likeness (QED) is 0.753. The summed E-state index contributed by atoms with van der Waals surface area (Å²) in [6.45, 7) is 0.00279. The van der Waals surface area contributed by atoms with Gasteiger partial charge in [-0.25, -0.2) is 15.0 Å². The van der Waals surface area contributed by atoms with Crippen LogP contribution in [0.2, 0.25) is 0 Å². The molecule has 18 heavy (non-hydrogen) atoms. The van der Waals surface area contributed by atoms with E-state index >= 15 is 0 Å². The van der Waals surface area contributed by atoms with Crippen molar-refractivity contribution in [2.24, 2.45) is 0 Å². The van der Waals surface area contributed by atoms with E-state index in [1.165, 1.54) is 0 Å². The standard InChI is InChI=1S/C11H9N5O2/c12-8-3-4-13-10(15-8)6-1-2-7-11(14-6)16-9(17)5-18-7/h1-4H,5H2,(H2,12,13,15)(H,14,16,17). The predicted octanol–water partition coefficient (Wildman–Crippen LogP) is 0.452. The molecule has 0 aliphatic carbocycles. The lowest BCUT2D eigenvalue weighted by Crippen LogP contribution is -2.26. The molecule has 0 radical (unpaired) electrons. The minimum Gasteiger partial charge on any atom is -0.480 e. The molecule has 7 heteroatoms. The second-order valence-electron chi connectivity index (χ2n) is 3.69. The van der Waals surface area contributed by atoms with Crippen molar-refractivity contribution in [1.29, 1.82) is 0 Å². The lowest BCUT2D eigenvalue weighted by Gasteiger charge is -2.16. The number of nitrogens with one attached hydrogen (secondary N) is 1. The van der Waals surface area contributed by atoms with Crippen molar-refractivity contribution in [2.45, 2.75) is 0 Å². The first kappa shape index (κ1) is 10.5. The topological polar surface area (TPSA) is 103 Å². The second-order valence-corrected chi connectivity index (χ2v) is 3.69. The Morgan fingerprint density at radius 1 is 1.28 bits per heavy atom. The molecule has 0 aromatic carbocycles. The van der Waals surface area contributed by atoms with Crippen LogP contribution in [0.3, 0.4) is 0 Å². The summed E-state index contributed by atoms with van der Waals surface area (Å²) < 4.78 is 5.21. The number of anilines is 2. The van der Waals surface area contributed by atoms with Gasteiger partial charge in [-0.15, -0.1) is 0 Å². The van der Waals surface area contributed by atoms with Crippen LogP contribution in [0.1, 0.15) is 0 Å². The van der Waals surface area contributed by atoms with E-state index in [1.54, 1.807) is 24.4 Å². The smallest absolute Gasteiger partial charge is 0.263 e. The summed E-state index contributed by atoms with van der Waals surface area (Å²) in [6, 6.07) is 5.02. The molecule has 3 N–H and O–H groups in total. The Morgan fingerprint density at radius 2 is 2.17 bits per heavy atom. The number of hydrogen-bond acceptors (Lipinski definition) is 6. The Labute approximate surface area is 102 Å². The van der Waals surface area contributed by atoms with E-state index in [0.717, 1.165) is 0 Å². The van der Waals surface area contributed by atoms with Gasteiger partial charge in [-0.05, 0) is 18.2 Å². The highest BCUT2D eigenvalue weighted by molar-refractivity contribution is 5.94. The lowest BCUT2D eigenvalue weighted by atomic mass is 10.3. The van der Waals surface area contributed by atoms with Crippen LogP contribution in [0.4, 0.5) is 11.6 Å². The van der Waals surface area contributed by atoms with Crippen molar-refractivity contribution in [2.75, 3.05) is 17.7 Å². The first-order valence-electron chi connectivity index (χ1n) is 5.25. The SMILES string of the molecule is Nc1ccnc(-c2ccc3c(n2)NC(=O)CO3)n1. The van der Waals surface area contributed by atoms with E-state index in [-0.39, 0.29) is 12.5 Å². The van der Waals surface area contributed by atoms with Crippen LogP contribution in [-0.4, -0.2) is 27.5 Å². The van der Waals surface area contributed by atoms with Gasteiger partial charge in [0.15, 0.2) is 24.0 Å². The van der Waals surface area contributed by atoms with Gasteiger partial charge in [0.05, 0.1) is 0 Å². The van der Waals surface area contributed by atoms with Crippen molar-refractivity contribution in [3.05, 3.63) is 24.4 Å². The van der Waals surface area contributed by atoms with Crippen molar-refractivity contribution in [3.8, 4) is 17.3 Å². The predicted molar refractivity (Wildman–Crippen MR) is 63.8 cm³/mol. The van der Waals surface area contributed by atoms with Gasteiger partial charge >= 0.3 is 0 Å². The third-order valence-corrected chi connectivity index (χ3v) is 2.38. The van der Waals surface area contributed by atoms with Gasteiger partial charge < -0.3 is 15.8 Å². The van der Waals surface area contributed by atoms with Gasteiger partial charge in [0.25, 0.3) is 5.91 Å². The number of carbonyl (C=O) groups is 1. The molecule has 3 rings (SSSR count). The zero-order chi connectivity index (χ0) is 12.5. The normalized spacial score (nSPS) is 13.4. The largest absolute Gasteiger partial charge is 0.480 e. The highest BCUT2D eigenvalue weighted by atomic mass is 16.5. The fourth-order valence-electron chi connectivity index (χ4n) is 1.58. The van der Waals surface area contributed by atoms with Gasteiger partial charge in [0.2, 0.25) is 0 Å². The first-order chi connectivity index (χ1) is 8.72. The molecule has 3 heterocycles. The maximum absolute atomic E-state index is 11.2. The number of carbonyl (C=O) groups excluding carboxylic acids is 1. The molecule has 1 amide bonds. The molecule has 0 saturated heterocycles. The Kier molecular flexibility index (Phi) is 2.30. The molecule has 1 aliphatic heterocycles. The van der Waals surface area contributed by atoms with Crippen LogP contribution in [0.5, 0.6) is 5.75 Å². The molecule has 2 aromatic heterocycles. The average molecular weight is 243 g/mol. The highest BCUT2D eigenvalue weighted by Gasteiger charge is 2.18. The molecule has 0 atom stereocenters. The van der Waals surface area contributed by atoms with Crippen molar-refractivity contribution in [3.63, 3.8) is 0 Å². The molecule has 0 fully saturated rings. The van der Waals surface area contributed by atoms with E-state index in [9.17, 15) is 4.79 Å². The number of ether oxygens (including phenoxy) is 1. The third kappa shape index (κ3) is 1.81. The maximum atomic E-state index is 11.2. The Morgan fingerprint density at radius 3 is 3.00 bits per heavy atom. The summed E-state index contributed by atoms with van der Waals surface area (Å²) in [7, 11) is 0. The zero-order valence-corrected chi connectivity index (χ0v) is 9.25. The molecular formula is C11H9N5O2. The number of aromatic nitrogens is 3. The van der Waals surface area contributed by atoms with E-state index in [4.69, 9.17) is 10.5 Å². The number of pyridine rings is 1. The van der Waals surface area contributed by atoms with Crippen LogP contribution in [0.15, 0.2) is 24.4 Å². The number of nitrogens with two attached hydrogens (primary N) is 1. The van der Waals surface area contributed by atoms with Gasteiger partial charge in [0, 0.05) is 6.20 Å². The molecule has 0 spiro atoms. The van der Waals surface area contributed by atoms with Gasteiger partial charge in [-0.1, -0.05) is 0 Å². The van der Waals surface area contributed by atoms with Gasteiger partial charge in [-0.3, -0.25) is 4.79 Å². The molecule has 90 valence electrons. The molecular weight excluding hydrogens is 234 g/mol. The van der Waals surface area contributed by atoms with Crippen LogP contribution in [0.25, 0.3) is 11.5 Å². The number of nitrogens with zero attached hydrogens (tertiary/aromatic N) is 3. The summed E-state index contributed by atoms with van der Waals surface area (Å²) in [5, 5.41) is 2.62. The Hall–Kier alpha value is -2.70. The minimum absolute atomic E-state index is 0.00279. The number of amides is 1. The average Bonchev–Trinajstić information content (AvgIpc) is 2.38. The minimum atomic E-state index is -0.236. The van der Waals surface area contributed by atoms with Crippen LogP contribution in [0, 0.1) is 0 Å². The molecule has 1 aliphatic rings. The van der Waals surface area contributed by atoms with Crippen LogP contribution >= 0.6 is 0 Å². The number of nitrogen functional groups attached to an aromatic ring is 1. The van der Waals surface area contributed by atoms with Crippen LogP contribution < -0.4 is 15.8 Å². The number of fused-ring (bicyclic) bond motifs is 1. The summed E-state index contributed by atoms with van der Waals surface area (Å²) in [5.74, 6) is 1.43.